The first kappa shape index (κ1) is 12.0. The van der Waals surface area contributed by atoms with Gasteiger partial charge in [-0.25, -0.2) is 0 Å². The second-order valence-corrected chi connectivity index (χ2v) is 4.49. The van der Waals surface area contributed by atoms with Gasteiger partial charge in [-0.15, -0.1) is 0 Å². The normalized spacial score (nSPS) is 20.8. The number of hydrogen-bond donors (Lipinski definition) is 2. The Balaban J connectivity index is 1.67. The SMILES string of the molecule is NCCCCCCCCCC1CCN1. The van der Waals surface area contributed by atoms with Crippen LogP contribution in [0.1, 0.15) is 57.8 Å². The van der Waals surface area contributed by atoms with Crippen LogP contribution in [0.15, 0.2) is 0 Å². The predicted molar refractivity (Wildman–Crippen MR) is 62.4 cm³/mol. The number of nitrogens with one attached hydrogen (secondary N) is 1. The molecule has 1 fully saturated rings. The van der Waals surface area contributed by atoms with Gasteiger partial charge in [0.05, 0.1) is 0 Å². The molecule has 1 rings (SSSR count). The average Bonchev–Trinajstić information content (AvgIpc) is 2.13. The zero-order chi connectivity index (χ0) is 10.1. The van der Waals surface area contributed by atoms with Gasteiger partial charge in [0.1, 0.15) is 0 Å². The molecule has 0 radical (unpaired) electrons. The fourth-order valence-corrected chi connectivity index (χ4v) is 2.01. The van der Waals surface area contributed by atoms with Crippen LogP contribution in [0.25, 0.3) is 0 Å². The first-order valence-corrected chi connectivity index (χ1v) is 6.37. The van der Waals surface area contributed by atoms with E-state index in [1.54, 1.807) is 0 Å². The quantitative estimate of drug-likeness (QED) is 0.558. The summed E-state index contributed by atoms with van der Waals surface area (Å²) in [6.07, 6.45) is 12.5. The minimum atomic E-state index is 0.868. The monoisotopic (exact) mass is 198 g/mol. The van der Waals surface area contributed by atoms with Crippen LogP contribution in [0.2, 0.25) is 0 Å². The second kappa shape index (κ2) is 8.25. The van der Waals surface area contributed by atoms with Gasteiger partial charge in [0.15, 0.2) is 0 Å². The van der Waals surface area contributed by atoms with Crippen LogP contribution in [0.4, 0.5) is 0 Å². The molecule has 0 aromatic rings. The number of unbranched alkanes of at least 4 members (excludes halogenated alkanes) is 6. The van der Waals surface area contributed by atoms with Crippen molar-refractivity contribution >= 4 is 0 Å². The lowest BCUT2D eigenvalue weighted by Gasteiger charge is -2.27. The summed E-state index contributed by atoms with van der Waals surface area (Å²) in [5.41, 5.74) is 5.44. The van der Waals surface area contributed by atoms with E-state index in [1.165, 1.54) is 64.3 Å². The van der Waals surface area contributed by atoms with Gasteiger partial charge >= 0.3 is 0 Å². The van der Waals surface area contributed by atoms with Crippen LogP contribution in [0.5, 0.6) is 0 Å². The molecule has 0 saturated carbocycles. The maximum Gasteiger partial charge on any atom is 0.00791 e. The maximum atomic E-state index is 5.44. The van der Waals surface area contributed by atoms with Gasteiger partial charge in [-0.05, 0) is 32.4 Å². The van der Waals surface area contributed by atoms with Gasteiger partial charge in [0.25, 0.3) is 0 Å². The van der Waals surface area contributed by atoms with Gasteiger partial charge in [0, 0.05) is 6.04 Å². The van der Waals surface area contributed by atoms with E-state index < -0.39 is 0 Å². The van der Waals surface area contributed by atoms with Crippen molar-refractivity contribution in [3.8, 4) is 0 Å². The van der Waals surface area contributed by atoms with E-state index in [2.05, 4.69) is 5.32 Å². The van der Waals surface area contributed by atoms with Crippen LogP contribution in [-0.2, 0) is 0 Å². The molecular weight excluding hydrogens is 172 g/mol. The Hall–Kier alpha value is -0.0800. The van der Waals surface area contributed by atoms with Crippen LogP contribution in [0.3, 0.4) is 0 Å². The molecule has 1 aliphatic heterocycles. The molecule has 1 aliphatic rings. The first-order valence-electron chi connectivity index (χ1n) is 6.37. The largest absolute Gasteiger partial charge is 0.330 e. The molecule has 84 valence electrons. The summed E-state index contributed by atoms with van der Waals surface area (Å²) in [7, 11) is 0. The van der Waals surface area contributed by atoms with Gasteiger partial charge in [-0.1, -0.05) is 38.5 Å². The van der Waals surface area contributed by atoms with Crippen LogP contribution < -0.4 is 11.1 Å². The van der Waals surface area contributed by atoms with Gasteiger partial charge in [0.2, 0.25) is 0 Å². The Morgan fingerprint density at radius 1 is 0.929 bits per heavy atom. The molecule has 1 saturated heterocycles. The van der Waals surface area contributed by atoms with Crippen molar-refractivity contribution in [3.05, 3.63) is 0 Å². The highest BCUT2D eigenvalue weighted by Gasteiger charge is 2.14. The lowest BCUT2D eigenvalue weighted by atomic mass is 9.99. The molecule has 0 aromatic heterocycles. The Bertz CT molecular complexity index is 121. The molecule has 0 aromatic carbocycles. The Labute approximate surface area is 88.6 Å². The minimum absolute atomic E-state index is 0.868. The summed E-state index contributed by atoms with van der Waals surface area (Å²) in [5, 5.41) is 3.45. The van der Waals surface area contributed by atoms with E-state index in [0.717, 1.165) is 12.6 Å². The number of nitrogens with two attached hydrogens (primary N) is 1. The van der Waals surface area contributed by atoms with Crippen LogP contribution in [-0.4, -0.2) is 19.1 Å². The molecule has 0 bridgehead atoms. The lowest BCUT2D eigenvalue weighted by molar-refractivity contribution is 0.339. The van der Waals surface area contributed by atoms with Gasteiger partial charge < -0.3 is 11.1 Å². The summed E-state index contributed by atoms with van der Waals surface area (Å²) < 4.78 is 0. The van der Waals surface area contributed by atoms with Crippen molar-refractivity contribution in [2.75, 3.05) is 13.1 Å². The van der Waals surface area contributed by atoms with E-state index in [1.807, 2.05) is 0 Å². The molecule has 0 aliphatic carbocycles. The standard InChI is InChI=1S/C12H26N2/c13-10-7-5-3-1-2-4-6-8-12-9-11-14-12/h12,14H,1-11,13H2. The van der Waals surface area contributed by atoms with Gasteiger partial charge in [-0.2, -0.15) is 0 Å². The third kappa shape index (κ3) is 5.61. The first-order chi connectivity index (χ1) is 6.93. The van der Waals surface area contributed by atoms with Crippen molar-refractivity contribution in [1.82, 2.24) is 5.32 Å². The van der Waals surface area contributed by atoms with E-state index in [0.29, 0.717) is 0 Å². The Morgan fingerprint density at radius 2 is 1.50 bits per heavy atom. The summed E-state index contributed by atoms with van der Waals surface area (Å²) in [5.74, 6) is 0. The third-order valence-electron chi connectivity index (χ3n) is 3.18. The average molecular weight is 198 g/mol. The Morgan fingerprint density at radius 3 is 2.00 bits per heavy atom. The van der Waals surface area contributed by atoms with Crippen LogP contribution >= 0.6 is 0 Å². The van der Waals surface area contributed by atoms with Crippen molar-refractivity contribution in [2.45, 2.75) is 63.8 Å². The van der Waals surface area contributed by atoms with Crippen molar-refractivity contribution < 1.29 is 0 Å². The topological polar surface area (TPSA) is 38.0 Å². The maximum absolute atomic E-state index is 5.44. The smallest absolute Gasteiger partial charge is 0.00791 e. The van der Waals surface area contributed by atoms with Crippen molar-refractivity contribution in [3.63, 3.8) is 0 Å². The number of hydrogen-bond acceptors (Lipinski definition) is 2. The molecule has 1 atom stereocenters. The Kier molecular flexibility index (Phi) is 7.06. The zero-order valence-electron chi connectivity index (χ0n) is 9.43. The molecular formula is C12H26N2. The second-order valence-electron chi connectivity index (χ2n) is 4.49. The molecule has 3 N–H and O–H groups in total. The van der Waals surface area contributed by atoms with E-state index in [4.69, 9.17) is 5.73 Å². The fourth-order valence-electron chi connectivity index (χ4n) is 2.01. The summed E-state index contributed by atoms with van der Waals surface area (Å²) >= 11 is 0. The molecule has 2 heteroatoms. The highest BCUT2D eigenvalue weighted by molar-refractivity contribution is 4.76. The highest BCUT2D eigenvalue weighted by atomic mass is 15.0. The molecule has 1 heterocycles. The number of rotatable bonds is 9. The molecule has 14 heavy (non-hydrogen) atoms. The summed E-state index contributed by atoms with van der Waals surface area (Å²) in [6.45, 7) is 2.12. The van der Waals surface area contributed by atoms with E-state index in [9.17, 15) is 0 Å². The molecule has 1 unspecified atom stereocenters. The third-order valence-corrected chi connectivity index (χ3v) is 3.18. The van der Waals surface area contributed by atoms with Crippen molar-refractivity contribution in [2.24, 2.45) is 5.73 Å². The molecule has 0 spiro atoms. The minimum Gasteiger partial charge on any atom is -0.330 e. The van der Waals surface area contributed by atoms with E-state index in [-0.39, 0.29) is 0 Å². The fraction of sp³-hybridized carbons (Fsp3) is 1.00. The molecule has 2 nitrogen and oxygen atoms in total. The predicted octanol–water partition coefficient (Wildman–Crippen LogP) is 2.43. The molecule has 0 amide bonds. The lowest BCUT2D eigenvalue weighted by Crippen LogP contribution is -2.42. The van der Waals surface area contributed by atoms with E-state index >= 15 is 0 Å². The summed E-state index contributed by atoms with van der Waals surface area (Å²) in [6, 6.07) is 0.868. The van der Waals surface area contributed by atoms with Gasteiger partial charge in [-0.3, -0.25) is 0 Å². The highest BCUT2D eigenvalue weighted by Crippen LogP contribution is 2.13. The van der Waals surface area contributed by atoms with Crippen LogP contribution in [0, 0.1) is 0 Å². The summed E-state index contributed by atoms with van der Waals surface area (Å²) in [4.78, 5) is 0. The zero-order valence-corrected chi connectivity index (χ0v) is 9.43. The van der Waals surface area contributed by atoms with Crippen molar-refractivity contribution in [1.29, 1.82) is 0 Å².